The first-order valence-corrected chi connectivity index (χ1v) is 5.53. The van der Waals surface area contributed by atoms with Crippen molar-refractivity contribution in [2.75, 3.05) is 0 Å². The Morgan fingerprint density at radius 3 is 3.00 bits per heavy atom. The molecule has 0 saturated heterocycles. The summed E-state index contributed by atoms with van der Waals surface area (Å²) in [6.45, 7) is 0.291. The van der Waals surface area contributed by atoms with E-state index in [2.05, 4.69) is 15.3 Å². The molecule has 4 nitrogen and oxygen atoms in total. The zero-order valence-corrected chi connectivity index (χ0v) is 9.99. The molecule has 2 aromatic rings. The molecule has 0 fully saturated rings. The highest BCUT2D eigenvalue weighted by Crippen LogP contribution is 2.13. The zero-order valence-electron chi connectivity index (χ0n) is 9.23. The van der Waals surface area contributed by atoms with Crippen LogP contribution in [0.4, 0.5) is 4.39 Å². The number of halogens is 2. The molecule has 2 aromatic heterocycles. The van der Waals surface area contributed by atoms with Gasteiger partial charge in [0.05, 0.1) is 11.8 Å². The van der Waals surface area contributed by atoms with E-state index in [-0.39, 0.29) is 10.7 Å². The van der Waals surface area contributed by atoms with Crippen LogP contribution in [0.5, 0.6) is 0 Å². The SMILES string of the molecule is O=C(NCc1cccnc1)c1cc(F)cnc1Cl. The molecule has 6 heteroatoms. The van der Waals surface area contributed by atoms with Gasteiger partial charge in [-0.15, -0.1) is 0 Å². The molecule has 0 bridgehead atoms. The first-order valence-electron chi connectivity index (χ1n) is 5.15. The third-order valence-corrected chi connectivity index (χ3v) is 2.53. The fraction of sp³-hybridized carbons (Fsp3) is 0.0833. The maximum Gasteiger partial charge on any atom is 0.254 e. The maximum absolute atomic E-state index is 13.0. The van der Waals surface area contributed by atoms with Crippen molar-refractivity contribution < 1.29 is 9.18 Å². The van der Waals surface area contributed by atoms with E-state index in [4.69, 9.17) is 11.6 Å². The van der Waals surface area contributed by atoms with Gasteiger partial charge in [-0.2, -0.15) is 0 Å². The lowest BCUT2D eigenvalue weighted by Crippen LogP contribution is -2.23. The number of nitrogens with one attached hydrogen (secondary N) is 1. The van der Waals surface area contributed by atoms with E-state index < -0.39 is 11.7 Å². The smallest absolute Gasteiger partial charge is 0.254 e. The monoisotopic (exact) mass is 265 g/mol. The molecule has 18 heavy (non-hydrogen) atoms. The van der Waals surface area contributed by atoms with Crippen LogP contribution in [0.25, 0.3) is 0 Å². The van der Waals surface area contributed by atoms with E-state index in [0.717, 1.165) is 17.8 Å². The van der Waals surface area contributed by atoms with Gasteiger partial charge in [0.2, 0.25) is 0 Å². The summed E-state index contributed by atoms with van der Waals surface area (Å²) < 4.78 is 13.0. The molecule has 0 saturated carbocycles. The number of nitrogens with zero attached hydrogens (tertiary/aromatic N) is 2. The van der Waals surface area contributed by atoms with E-state index in [1.807, 2.05) is 6.07 Å². The van der Waals surface area contributed by atoms with E-state index >= 15 is 0 Å². The van der Waals surface area contributed by atoms with Crippen molar-refractivity contribution in [2.24, 2.45) is 0 Å². The quantitative estimate of drug-likeness (QED) is 0.866. The Labute approximate surface area is 108 Å². The number of pyridine rings is 2. The molecular weight excluding hydrogens is 257 g/mol. The molecule has 0 atom stereocenters. The molecule has 2 rings (SSSR count). The van der Waals surface area contributed by atoms with Crippen molar-refractivity contribution in [3.05, 3.63) is 58.9 Å². The van der Waals surface area contributed by atoms with Crippen molar-refractivity contribution in [3.8, 4) is 0 Å². The topological polar surface area (TPSA) is 54.9 Å². The molecule has 0 aromatic carbocycles. The molecule has 0 unspecified atom stereocenters. The minimum Gasteiger partial charge on any atom is -0.348 e. The molecule has 0 spiro atoms. The van der Waals surface area contributed by atoms with Crippen LogP contribution in [0.3, 0.4) is 0 Å². The Morgan fingerprint density at radius 1 is 1.44 bits per heavy atom. The van der Waals surface area contributed by atoms with Crippen LogP contribution in [0.15, 0.2) is 36.8 Å². The van der Waals surface area contributed by atoms with Crippen LogP contribution >= 0.6 is 11.6 Å². The Kier molecular flexibility index (Phi) is 3.84. The third-order valence-electron chi connectivity index (χ3n) is 2.23. The number of rotatable bonds is 3. The number of aromatic nitrogens is 2. The predicted octanol–water partition coefficient (Wildman–Crippen LogP) is 2.20. The van der Waals surface area contributed by atoms with Crippen molar-refractivity contribution in [1.82, 2.24) is 15.3 Å². The highest BCUT2D eigenvalue weighted by atomic mass is 35.5. The maximum atomic E-state index is 13.0. The molecular formula is C12H9ClFN3O. The van der Waals surface area contributed by atoms with Crippen molar-refractivity contribution in [2.45, 2.75) is 6.54 Å². The average molecular weight is 266 g/mol. The van der Waals surface area contributed by atoms with Gasteiger partial charge in [0.15, 0.2) is 0 Å². The summed E-state index contributed by atoms with van der Waals surface area (Å²) in [6.07, 6.45) is 4.23. The van der Waals surface area contributed by atoms with Gasteiger partial charge in [-0.05, 0) is 17.7 Å². The van der Waals surface area contributed by atoms with Crippen LogP contribution in [0.1, 0.15) is 15.9 Å². The molecule has 0 radical (unpaired) electrons. The third kappa shape index (κ3) is 3.01. The van der Waals surface area contributed by atoms with Gasteiger partial charge >= 0.3 is 0 Å². The standard InChI is InChI=1S/C12H9ClFN3O/c13-11-10(4-9(14)7-16-11)12(18)17-6-8-2-1-3-15-5-8/h1-5,7H,6H2,(H,17,18). The first kappa shape index (κ1) is 12.4. The lowest BCUT2D eigenvalue weighted by molar-refractivity contribution is 0.0950. The Hall–Kier alpha value is -2.01. The summed E-state index contributed by atoms with van der Waals surface area (Å²) in [5, 5.41) is 2.59. The van der Waals surface area contributed by atoms with Crippen molar-refractivity contribution >= 4 is 17.5 Å². The summed E-state index contributed by atoms with van der Waals surface area (Å²) in [5.74, 6) is -1.08. The first-order chi connectivity index (χ1) is 8.66. The molecule has 0 aliphatic carbocycles. The van der Waals surface area contributed by atoms with Gasteiger partial charge in [-0.3, -0.25) is 9.78 Å². The summed E-state index contributed by atoms with van der Waals surface area (Å²) >= 11 is 5.72. The highest BCUT2D eigenvalue weighted by Gasteiger charge is 2.12. The molecule has 0 aliphatic heterocycles. The largest absolute Gasteiger partial charge is 0.348 e. The minimum absolute atomic E-state index is 0.0144. The van der Waals surface area contributed by atoms with Gasteiger partial charge in [0.1, 0.15) is 11.0 Å². The fourth-order valence-corrected chi connectivity index (χ4v) is 1.55. The number of amides is 1. The number of hydrogen-bond acceptors (Lipinski definition) is 3. The van der Waals surface area contributed by atoms with Gasteiger partial charge in [0, 0.05) is 18.9 Å². The molecule has 1 amide bonds. The second-order valence-corrected chi connectivity index (χ2v) is 3.89. The zero-order chi connectivity index (χ0) is 13.0. The summed E-state index contributed by atoms with van der Waals surface area (Å²) in [7, 11) is 0. The Balaban J connectivity index is 2.06. The van der Waals surface area contributed by atoms with Crippen LogP contribution < -0.4 is 5.32 Å². The predicted molar refractivity (Wildman–Crippen MR) is 64.6 cm³/mol. The van der Waals surface area contributed by atoms with E-state index in [1.54, 1.807) is 18.5 Å². The van der Waals surface area contributed by atoms with Gasteiger partial charge < -0.3 is 5.32 Å². The minimum atomic E-state index is -0.606. The Morgan fingerprint density at radius 2 is 2.28 bits per heavy atom. The van der Waals surface area contributed by atoms with Crippen molar-refractivity contribution in [3.63, 3.8) is 0 Å². The van der Waals surface area contributed by atoms with Gasteiger partial charge in [-0.25, -0.2) is 9.37 Å². The average Bonchev–Trinajstić information content (AvgIpc) is 2.40. The van der Waals surface area contributed by atoms with E-state index in [0.29, 0.717) is 6.54 Å². The van der Waals surface area contributed by atoms with Crippen LogP contribution in [0, 0.1) is 5.82 Å². The van der Waals surface area contributed by atoms with Gasteiger partial charge in [-0.1, -0.05) is 17.7 Å². The molecule has 92 valence electrons. The summed E-state index contributed by atoms with van der Waals surface area (Å²) in [6, 6.07) is 4.63. The number of carbonyl (C=O) groups is 1. The van der Waals surface area contributed by atoms with Crippen molar-refractivity contribution in [1.29, 1.82) is 0 Å². The second-order valence-electron chi connectivity index (χ2n) is 3.54. The fourth-order valence-electron chi connectivity index (χ4n) is 1.36. The molecule has 0 aliphatic rings. The highest BCUT2D eigenvalue weighted by molar-refractivity contribution is 6.32. The van der Waals surface area contributed by atoms with Gasteiger partial charge in [0.25, 0.3) is 5.91 Å². The van der Waals surface area contributed by atoms with Crippen LogP contribution in [-0.2, 0) is 6.54 Å². The number of hydrogen-bond donors (Lipinski definition) is 1. The summed E-state index contributed by atoms with van der Waals surface area (Å²) in [4.78, 5) is 19.3. The second kappa shape index (κ2) is 5.55. The Bertz CT molecular complexity index is 563. The van der Waals surface area contributed by atoms with Crippen LogP contribution in [0.2, 0.25) is 5.15 Å². The van der Waals surface area contributed by atoms with Crippen LogP contribution in [-0.4, -0.2) is 15.9 Å². The van der Waals surface area contributed by atoms with E-state index in [1.165, 1.54) is 0 Å². The van der Waals surface area contributed by atoms with E-state index in [9.17, 15) is 9.18 Å². The summed E-state index contributed by atoms with van der Waals surface area (Å²) in [5.41, 5.74) is 0.854. The molecule has 1 N–H and O–H groups in total. The number of carbonyl (C=O) groups excluding carboxylic acids is 1. The lowest BCUT2D eigenvalue weighted by atomic mass is 10.2. The molecule has 2 heterocycles. The normalized spacial score (nSPS) is 10.1. The lowest BCUT2D eigenvalue weighted by Gasteiger charge is -2.06.